The molecule has 59 heavy (non-hydrogen) atoms. The Morgan fingerprint density at radius 2 is 0.864 bits per heavy atom. The third kappa shape index (κ3) is 4.73. The molecule has 0 saturated carbocycles. The maximum atomic E-state index is 6.77. The van der Waals surface area contributed by atoms with Gasteiger partial charge < -0.3 is 18.3 Å². The number of furan rings is 1. The number of hydrogen-bond donors (Lipinski definition) is 0. The molecular weight excluding hydrogens is 719 g/mol. The van der Waals surface area contributed by atoms with E-state index in [0.717, 1.165) is 72.3 Å². The van der Waals surface area contributed by atoms with E-state index in [9.17, 15) is 0 Å². The van der Waals surface area contributed by atoms with Gasteiger partial charge in [-0.3, -0.25) is 0 Å². The molecule has 9 aromatic carbocycles. The average molecular weight is 753 g/mol. The summed E-state index contributed by atoms with van der Waals surface area (Å²) in [5.74, 6) is 1.77. The summed E-state index contributed by atoms with van der Waals surface area (Å²) < 4.78 is 17.9. The molecule has 274 valence electrons. The summed E-state index contributed by atoms with van der Waals surface area (Å²) in [4.78, 5) is 0. The zero-order valence-corrected chi connectivity index (χ0v) is 31.8. The van der Waals surface area contributed by atoms with Crippen LogP contribution in [0.1, 0.15) is 0 Å². The molecule has 12 aromatic rings. The quantitative estimate of drug-likeness (QED) is 0.168. The average Bonchev–Trinajstić information content (AvgIpc) is 3.96. The number of benzene rings is 9. The molecule has 3 aromatic heterocycles. The minimum atomic E-state index is -0.0131. The van der Waals surface area contributed by atoms with Crippen molar-refractivity contribution in [2.75, 3.05) is 0 Å². The Labute approximate surface area is 339 Å². The molecule has 0 radical (unpaired) electrons. The third-order valence-corrected chi connectivity index (χ3v) is 12.5. The first-order chi connectivity index (χ1) is 29.3. The highest BCUT2D eigenvalue weighted by molar-refractivity contribution is 6.98. The van der Waals surface area contributed by atoms with Gasteiger partial charge in [0.2, 0.25) is 0 Å². The van der Waals surface area contributed by atoms with Gasteiger partial charge in [-0.15, -0.1) is 0 Å². The van der Waals surface area contributed by atoms with E-state index in [-0.39, 0.29) is 6.71 Å². The van der Waals surface area contributed by atoms with Crippen molar-refractivity contribution in [2.24, 2.45) is 0 Å². The van der Waals surface area contributed by atoms with Crippen molar-refractivity contribution in [1.29, 1.82) is 0 Å². The van der Waals surface area contributed by atoms with E-state index in [4.69, 9.17) is 9.15 Å². The van der Waals surface area contributed by atoms with Gasteiger partial charge in [-0.2, -0.15) is 0 Å². The van der Waals surface area contributed by atoms with E-state index in [0.29, 0.717) is 0 Å². The second kappa shape index (κ2) is 12.4. The summed E-state index contributed by atoms with van der Waals surface area (Å²) in [7, 11) is 0. The van der Waals surface area contributed by atoms with Crippen LogP contribution in [-0.2, 0) is 0 Å². The van der Waals surface area contributed by atoms with Gasteiger partial charge in [0.1, 0.15) is 22.7 Å². The SMILES string of the molecule is c1cc(-c2ccc3oc4c(B5c6ccccc6Oc6ccccc65)cccc4c3c2)cc(-n2c3ccccc3c3cc(-n4c5ccccc5c5ccccc54)ccc32)c1. The van der Waals surface area contributed by atoms with Crippen LogP contribution in [0.4, 0.5) is 0 Å². The second-order valence-corrected chi connectivity index (χ2v) is 15.6. The minimum Gasteiger partial charge on any atom is -0.458 e. The lowest BCUT2D eigenvalue weighted by molar-refractivity contribution is 0.487. The van der Waals surface area contributed by atoms with Crippen LogP contribution in [0.2, 0.25) is 0 Å². The minimum absolute atomic E-state index is 0.0131. The van der Waals surface area contributed by atoms with E-state index in [1.807, 2.05) is 12.1 Å². The number of aromatic nitrogens is 2. The summed E-state index contributed by atoms with van der Waals surface area (Å²) >= 11 is 0. The van der Waals surface area contributed by atoms with Crippen molar-refractivity contribution in [3.8, 4) is 34.0 Å². The number of rotatable bonds is 4. The molecule has 4 heterocycles. The highest BCUT2D eigenvalue weighted by atomic mass is 16.5. The molecule has 0 saturated heterocycles. The van der Waals surface area contributed by atoms with Crippen LogP contribution in [0.3, 0.4) is 0 Å². The predicted octanol–water partition coefficient (Wildman–Crippen LogP) is 12.1. The van der Waals surface area contributed by atoms with Crippen LogP contribution in [0.25, 0.3) is 88.1 Å². The number of para-hydroxylation sites is 6. The van der Waals surface area contributed by atoms with E-state index in [1.165, 1.54) is 43.6 Å². The zero-order chi connectivity index (χ0) is 38.6. The standard InChI is InChI=1S/C54H33BN2O2/c1-6-22-47-38(15-1)39-16-2-7-23-48(39)57(47)37-28-29-50-42(33-37)40-17-3-8-24-49(40)56(50)36-14-11-13-34(31-36)35-27-30-51-43(32-35)41-18-12-21-46(54(41)59-51)55-44-19-4-9-25-52(44)58-53-26-10-5-20-45(53)55/h1-33H. The Kier molecular flexibility index (Phi) is 6.78. The number of ether oxygens (including phenoxy) is 1. The molecule has 1 aliphatic rings. The van der Waals surface area contributed by atoms with Crippen LogP contribution < -0.4 is 21.1 Å². The molecule has 13 rings (SSSR count). The second-order valence-electron chi connectivity index (χ2n) is 15.6. The molecule has 0 amide bonds. The van der Waals surface area contributed by atoms with E-state index in [1.54, 1.807) is 0 Å². The molecule has 4 nitrogen and oxygen atoms in total. The largest absolute Gasteiger partial charge is 0.458 e. The summed E-state index contributed by atoms with van der Waals surface area (Å²) in [5, 5.41) is 7.20. The topological polar surface area (TPSA) is 32.2 Å². The monoisotopic (exact) mass is 752 g/mol. The van der Waals surface area contributed by atoms with Crippen LogP contribution in [0.15, 0.2) is 205 Å². The van der Waals surface area contributed by atoms with Crippen molar-refractivity contribution in [3.63, 3.8) is 0 Å². The summed E-state index contributed by atoms with van der Waals surface area (Å²) in [6.07, 6.45) is 0. The summed E-state index contributed by atoms with van der Waals surface area (Å²) in [6.45, 7) is -0.0131. The smallest absolute Gasteiger partial charge is 0.255 e. The summed E-state index contributed by atoms with van der Waals surface area (Å²) in [6, 6.07) is 71.9. The van der Waals surface area contributed by atoms with Gasteiger partial charge in [-0.1, -0.05) is 127 Å². The van der Waals surface area contributed by atoms with Crippen molar-refractivity contribution >= 4 is 88.7 Å². The highest BCUT2D eigenvalue weighted by Gasteiger charge is 2.34. The number of hydrogen-bond acceptors (Lipinski definition) is 2. The lowest BCUT2D eigenvalue weighted by atomic mass is 9.35. The van der Waals surface area contributed by atoms with Gasteiger partial charge in [-0.25, -0.2) is 0 Å². The molecule has 0 fully saturated rings. The predicted molar refractivity (Wildman–Crippen MR) is 245 cm³/mol. The fourth-order valence-corrected chi connectivity index (χ4v) is 9.88. The Morgan fingerprint density at radius 3 is 1.56 bits per heavy atom. The van der Waals surface area contributed by atoms with Crippen molar-refractivity contribution < 1.29 is 9.15 Å². The van der Waals surface area contributed by atoms with Crippen LogP contribution in [-0.4, -0.2) is 15.8 Å². The molecule has 1 aliphatic heterocycles. The molecule has 0 unspecified atom stereocenters. The van der Waals surface area contributed by atoms with Gasteiger partial charge >= 0.3 is 0 Å². The van der Waals surface area contributed by atoms with Crippen molar-refractivity contribution in [1.82, 2.24) is 9.13 Å². The molecule has 0 spiro atoms. The molecular formula is C54H33BN2O2. The molecule has 0 N–H and O–H groups in total. The van der Waals surface area contributed by atoms with Crippen LogP contribution >= 0.6 is 0 Å². The number of fused-ring (bicyclic) bond motifs is 11. The van der Waals surface area contributed by atoms with Crippen LogP contribution in [0, 0.1) is 0 Å². The summed E-state index contributed by atoms with van der Waals surface area (Å²) in [5.41, 5.74) is 14.6. The molecule has 5 heteroatoms. The third-order valence-electron chi connectivity index (χ3n) is 12.5. The molecule has 0 bridgehead atoms. The van der Waals surface area contributed by atoms with Crippen molar-refractivity contribution in [3.05, 3.63) is 200 Å². The fourth-order valence-electron chi connectivity index (χ4n) is 9.88. The van der Waals surface area contributed by atoms with Gasteiger partial charge in [0, 0.05) is 43.7 Å². The van der Waals surface area contributed by atoms with Gasteiger partial charge in [0.25, 0.3) is 6.71 Å². The normalized spacial score (nSPS) is 12.5. The van der Waals surface area contributed by atoms with Crippen LogP contribution in [0.5, 0.6) is 11.5 Å². The first-order valence-corrected chi connectivity index (χ1v) is 20.2. The Balaban J connectivity index is 0.941. The Bertz CT molecular complexity index is 3580. The van der Waals surface area contributed by atoms with E-state index < -0.39 is 0 Å². The van der Waals surface area contributed by atoms with Crippen molar-refractivity contribution in [2.45, 2.75) is 0 Å². The highest BCUT2D eigenvalue weighted by Crippen LogP contribution is 2.39. The van der Waals surface area contributed by atoms with Gasteiger partial charge in [-0.05, 0) is 100 Å². The van der Waals surface area contributed by atoms with E-state index >= 15 is 0 Å². The number of nitrogens with zero attached hydrogens (tertiary/aromatic N) is 2. The maximum absolute atomic E-state index is 6.77. The zero-order valence-electron chi connectivity index (χ0n) is 31.8. The molecule has 0 aliphatic carbocycles. The maximum Gasteiger partial charge on any atom is 0.255 e. The Morgan fingerprint density at radius 1 is 0.339 bits per heavy atom. The van der Waals surface area contributed by atoms with Gasteiger partial charge in [0.15, 0.2) is 0 Å². The Hall–Kier alpha value is -7.76. The lowest BCUT2D eigenvalue weighted by Gasteiger charge is -2.26. The fraction of sp³-hybridized carbons (Fsp3) is 0. The molecule has 0 atom stereocenters. The first-order valence-electron chi connectivity index (χ1n) is 20.2. The van der Waals surface area contributed by atoms with Gasteiger partial charge in [0.05, 0.1) is 22.1 Å². The first kappa shape index (κ1) is 32.3. The van der Waals surface area contributed by atoms with E-state index in [2.05, 4.69) is 197 Å². The lowest BCUT2D eigenvalue weighted by Crippen LogP contribution is -2.54.